The maximum absolute atomic E-state index is 12.6. The van der Waals surface area contributed by atoms with Crippen molar-refractivity contribution in [2.75, 3.05) is 13.2 Å². The summed E-state index contributed by atoms with van der Waals surface area (Å²) in [4.78, 5) is 11.2. The van der Waals surface area contributed by atoms with E-state index >= 15 is 0 Å². The molecule has 0 saturated carbocycles. The highest BCUT2D eigenvalue weighted by Gasteiger charge is 2.38. The van der Waals surface area contributed by atoms with Gasteiger partial charge in [-0.3, -0.25) is 5.10 Å². The summed E-state index contributed by atoms with van der Waals surface area (Å²) >= 11 is 0. The summed E-state index contributed by atoms with van der Waals surface area (Å²) < 4.78 is 26.3. The Bertz CT molecular complexity index is 610. The first kappa shape index (κ1) is 14.9. The van der Waals surface area contributed by atoms with Crippen molar-refractivity contribution < 1.29 is 23.4 Å². The third-order valence-corrected chi connectivity index (χ3v) is 5.35. The molecular weight excluding hydrogens is 286 g/mol. The van der Waals surface area contributed by atoms with E-state index in [9.17, 15) is 18.3 Å². The number of carboxylic acids is 1. The monoisotopic (exact) mass is 303 g/mol. The van der Waals surface area contributed by atoms with Gasteiger partial charge in [0.1, 0.15) is 5.56 Å². The Labute approximate surface area is 116 Å². The molecule has 20 heavy (non-hydrogen) atoms. The molecule has 0 aliphatic carbocycles. The number of nitrogens with zero attached hydrogens (tertiary/aromatic N) is 2. The lowest BCUT2D eigenvalue weighted by molar-refractivity contribution is 0.0691. The highest BCUT2D eigenvalue weighted by molar-refractivity contribution is 7.89. The summed E-state index contributed by atoms with van der Waals surface area (Å²) in [6.07, 6.45) is 2.08. The van der Waals surface area contributed by atoms with Crippen molar-refractivity contribution in [2.24, 2.45) is 0 Å². The number of aliphatic hydroxyl groups is 1. The predicted octanol–water partition coefficient (Wildman–Crippen LogP) is -0.0482. The summed E-state index contributed by atoms with van der Waals surface area (Å²) in [5.41, 5.74) is -0.152. The molecule has 1 aliphatic heterocycles. The van der Waals surface area contributed by atoms with Gasteiger partial charge in [0.05, 0.1) is 6.61 Å². The molecule has 9 heteroatoms. The van der Waals surface area contributed by atoms with E-state index in [1.54, 1.807) is 0 Å². The van der Waals surface area contributed by atoms with Gasteiger partial charge in [0, 0.05) is 18.3 Å². The Kier molecular flexibility index (Phi) is 4.11. The fraction of sp³-hybridized carbons (Fsp3) is 0.636. The van der Waals surface area contributed by atoms with E-state index in [-0.39, 0.29) is 24.4 Å². The van der Waals surface area contributed by atoms with E-state index in [4.69, 9.17) is 5.11 Å². The van der Waals surface area contributed by atoms with Crippen LogP contribution in [-0.2, 0) is 10.0 Å². The van der Waals surface area contributed by atoms with Gasteiger partial charge in [0.15, 0.2) is 0 Å². The summed E-state index contributed by atoms with van der Waals surface area (Å²) in [6, 6.07) is -0.521. The Hall–Kier alpha value is -1.45. The Morgan fingerprint density at radius 2 is 2.20 bits per heavy atom. The van der Waals surface area contributed by atoms with Gasteiger partial charge in [-0.05, 0) is 19.8 Å². The largest absolute Gasteiger partial charge is 0.478 e. The van der Waals surface area contributed by atoms with Gasteiger partial charge in [-0.1, -0.05) is 6.42 Å². The molecule has 1 atom stereocenters. The van der Waals surface area contributed by atoms with E-state index in [1.165, 1.54) is 6.92 Å². The summed E-state index contributed by atoms with van der Waals surface area (Å²) in [7, 11) is -4.03. The van der Waals surface area contributed by atoms with Crippen molar-refractivity contribution in [1.82, 2.24) is 14.5 Å². The molecule has 0 amide bonds. The van der Waals surface area contributed by atoms with Crippen LogP contribution in [0.15, 0.2) is 5.03 Å². The number of carbonyl (C=O) groups is 1. The standard InChI is InChI=1S/C11H17N3O5S/c1-7-9(11(16)17)10(13-12-7)20(18,19)14-5-3-2-4-8(14)6-15/h8,15H,2-6H2,1H3,(H,12,13)(H,16,17). The normalized spacial score (nSPS) is 21.0. The van der Waals surface area contributed by atoms with E-state index in [2.05, 4.69) is 10.2 Å². The van der Waals surface area contributed by atoms with Crippen molar-refractivity contribution in [1.29, 1.82) is 0 Å². The molecule has 0 aromatic carbocycles. The molecule has 0 radical (unpaired) electrons. The highest BCUT2D eigenvalue weighted by Crippen LogP contribution is 2.27. The van der Waals surface area contributed by atoms with Crippen LogP contribution in [0.25, 0.3) is 0 Å². The molecule has 1 aliphatic rings. The molecule has 3 N–H and O–H groups in total. The molecule has 1 aromatic heterocycles. The van der Waals surface area contributed by atoms with Crippen LogP contribution in [0.3, 0.4) is 0 Å². The second-order valence-corrected chi connectivity index (χ2v) is 6.59. The van der Waals surface area contributed by atoms with Gasteiger partial charge in [-0.15, -0.1) is 0 Å². The summed E-state index contributed by atoms with van der Waals surface area (Å²) in [5.74, 6) is -1.34. The summed E-state index contributed by atoms with van der Waals surface area (Å²) in [5, 5.41) is 24.0. The quantitative estimate of drug-likeness (QED) is 0.716. The summed E-state index contributed by atoms with van der Waals surface area (Å²) in [6.45, 7) is 1.43. The third-order valence-electron chi connectivity index (χ3n) is 3.46. The number of piperidine rings is 1. The van der Waals surface area contributed by atoms with Crippen LogP contribution in [0.5, 0.6) is 0 Å². The zero-order chi connectivity index (χ0) is 14.9. The van der Waals surface area contributed by atoms with Gasteiger partial charge in [0.25, 0.3) is 10.0 Å². The molecule has 1 saturated heterocycles. The number of aryl methyl sites for hydroxylation is 1. The number of aromatic amines is 1. The van der Waals surface area contributed by atoms with Gasteiger partial charge in [0.2, 0.25) is 5.03 Å². The van der Waals surface area contributed by atoms with Crippen molar-refractivity contribution in [3.8, 4) is 0 Å². The van der Waals surface area contributed by atoms with Gasteiger partial charge < -0.3 is 10.2 Å². The average molecular weight is 303 g/mol. The molecule has 1 unspecified atom stereocenters. The maximum atomic E-state index is 12.6. The van der Waals surface area contributed by atoms with Crippen molar-refractivity contribution in [3.63, 3.8) is 0 Å². The fourth-order valence-electron chi connectivity index (χ4n) is 2.43. The van der Waals surface area contributed by atoms with Gasteiger partial charge in [-0.25, -0.2) is 13.2 Å². The number of aromatic nitrogens is 2. The molecule has 2 heterocycles. The van der Waals surface area contributed by atoms with E-state index in [0.717, 1.165) is 10.7 Å². The van der Waals surface area contributed by atoms with Gasteiger partial charge >= 0.3 is 5.97 Å². The lowest BCUT2D eigenvalue weighted by Gasteiger charge is -2.32. The number of aliphatic hydroxyl groups excluding tert-OH is 1. The zero-order valence-electron chi connectivity index (χ0n) is 11.0. The number of hydrogen-bond donors (Lipinski definition) is 3. The van der Waals surface area contributed by atoms with Crippen molar-refractivity contribution in [3.05, 3.63) is 11.3 Å². The number of sulfonamides is 1. The van der Waals surface area contributed by atoms with E-state index in [0.29, 0.717) is 12.8 Å². The topological polar surface area (TPSA) is 124 Å². The number of H-pyrrole nitrogens is 1. The lowest BCUT2D eigenvalue weighted by Crippen LogP contribution is -2.45. The first-order chi connectivity index (χ1) is 9.39. The predicted molar refractivity (Wildman–Crippen MR) is 68.9 cm³/mol. The van der Waals surface area contributed by atoms with Crippen LogP contribution in [0, 0.1) is 6.92 Å². The molecule has 0 spiro atoms. The minimum Gasteiger partial charge on any atom is -0.478 e. The third kappa shape index (κ3) is 2.43. The lowest BCUT2D eigenvalue weighted by atomic mass is 10.1. The molecule has 0 bridgehead atoms. The maximum Gasteiger partial charge on any atom is 0.340 e. The minimum atomic E-state index is -4.03. The number of nitrogens with one attached hydrogen (secondary N) is 1. The molecule has 1 fully saturated rings. The first-order valence-electron chi connectivity index (χ1n) is 6.30. The van der Waals surface area contributed by atoms with E-state index in [1.807, 2.05) is 0 Å². The Balaban J connectivity index is 2.47. The molecule has 2 rings (SSSR count). The van der Waals surface area contributed by atoms with Crippen molar-refractivity contribution >= 4 is 16.0 Å². The van der Waals surface area contributed by atoms with Crippen molar-refractivity contribution in [2.45, 2.75) is 37.3 Å². The zero-order valence-corrected chi connectivity index (χ0v) is 11.9. The number of carboxylic acid groups (broad SMARTS) is 1. The Morgan fingerprint density at radius 3 is 2.80 bits per heavy atom. The van der Waals surface area contributed by atoms with E-state index < -0.39 is 27.1 Å². The van der Waals surface area contributed by atoms with Gasteiger partial charge in [-0.2, -0.15) is 9.40 Å². The van der Waals surface area contributed by atoms with Crippen LogP contribution in [0.2, 0.25) is 0 Å². The first-order valence-corrected chi connectivity index (χ1v) is 7.74. The Morgan fingerprint density at radius 1 is 1.50 bits per heavy atom. The van der Waals surface area contributed by atoms with Crippen LogP contribution >= 0.6 is 0 Å². The molecule has 8 nitrogen and oxygen atoms in total. The average Bonchev–Trinajstić information content (AvgIpc) is 2.81. The fourth-order valence-corrected chi connectivity index (χ4v) is 4.24. The van der Waals surface area contributed by atoms with Crippen LogP contribution < -0.4 is 0 Å². The minimum absolute atomic E-state index is 0.189. The second kappa shape index (κ2) is 5.51. The second-order valence-electron chi connectivity index (χ2n) is 4.78. The SMILES string of the molecule is Cc1[nH]nc(S(=O)(=O)N2CCCCC2CO)c1C(=O)O. The highest BCUT2D eigenvalue weighted by atomic mass is 32.2. The number of rotatable bonds is 4. The number of aromatic carboxylic acids is 1. The van der Waals surface area contributed by atoms with Crippen LogP contribution in [0.1, 0.15) is 35.3 Å². The number of hydrogen-bond acceptors (Lipinski definition) is 5. The van der Waals surface area contributed by atoms with Crippen LogP contribution in [0.4, 0.5) is 0 Å². The smallest absolute Gasteiger partial charge is 0.340 e. The molecule has 1 aromatic rings. The van der Waals surface area contributed by atoms with Crippen LogP contribution in [-0.4, -0.2) is 58.3 Å². The molecular formula is C11H17N3O5S. The molecule has 112 valence electrons.